The maximum atomic E-state index is 5.87. The van der Waals surface area contributed by atoms with Crippen LogP contribution in [-0.2, 0) is 24.8 Å². The number of benzene rings is 1. The molecule has 0 saturated carbocycles. The molecule has 1 unspecified atom stereocenters. The number of aromatic amines is 1. The van der Waals surface area contributed by atoms with E-state index in [1.54, 1.807) is 0 Å². The third kappa shape index (κ3) is 2.81. The molecule has 1 aliphatic rings. The molecular formula is C17H22N6O. The van der Waals surface area contributed by atoms with Gasteiger partial charge < -0.3 is 9.30 Å². The summed E-state index contributed by atoms with van der Waals surface area (Å²) < 4.78 is 8.03. The van der Waals surface area contributed by atoms with E-state index in [1.807, 2.05) is 12.1 Å². The first-order valence-electron chi connectivity index (χ1n) is 8.40. The summed E-state index contributed by atoms with van der Waals surface area (Å²) in [5.41, 5.74) is 2.21. The Bertz CT molecular complexity index is 839. The molecule has 7 heteroatoms. The number of imidazole rings is 1. The van der Waals surface area contributed by atoms with Crippen LogP contribution < -0.4 is 0 Å². The summed E-state index contributed by atoms with van der Waals surface area (Å²) in [6, 6.07) is 8.24. The molecule has 0 amide bonds. The monoisotopic (exact) mass is 326 g/mol. The standard InChI is InChI=1S/C17H22N6O/c1-3-15-19-17(21-20-15)14-10-23(8-9-24-14)11-16-18-12-6-4-5-7-13(12)22(16)2/h4-7,14H,3,8-11H2,1-2H3,(H,19,20,21). The summed E-state index contributed by atoms with van der Waals surface area (Å²) in [7, 11) is 2.07. The second-order valence-corrected chi connectivity index (χ2v) is 6.16. The minimum Gasteiger partial charge on any atom is -0.367 e. The molecule has 3 heterocycles. The molecule has 0 radical (unpaired) electrons. The van der Waals surface area contributed by atoms with Gasteiger partial charge in [-0.1, -0.05) is 19.1 Å². The van der Waals surface area contributed by atoms with E-state index in [2.05, 4.69) is 50.8 Å². The highest BCUT2D eigenvalue weighted by Gasteiger charge is 2.26. The highest BCUT2D eigenvalue weighted by atomic mass is 16.5. The first-order chi connectivity index (χ1) is 11.7. The highest BCUT2D eigenvalue weighted by Crippen LogP contribution is 2.22. The van der Waals surface area contributed by atoms with Crippen LogP contribution in [0.1, 0.15) is 30.5 Å². The summed E-state index contributed by atoms with van der Waals surface area (Å²) >= 11 is 0. The minimum atomic E-state index is -0.0787. The lowest BCUT2D eigenvalue weighted by Gasteiger charge is -2.31. The lowest BCUT2D eigenvalue weighted by molar-refractivity contribution is -0.0379. The van der Waals surface area contributed by atoms with Crippen molar-refractivity contribution >= 4 is 11.0 Å². The lowest BCUT2D eigenvalue weighted by atomic mass is 10.2. The molecule has 1 atom stereocenters. The van der Waals surface area contributed by atoms with E-state index in [-0.39, 0.29) is 6.10 Å². The first-order valence-corrected chi connectivity index (χ1v) is 8.40. The number of hydrogen-bond donors (Lipinski definition) is 1. The number of ether oxygens (including phenoxy) is 1. The molecule has 1 aromatic carbocycles. The number of para-hydroxylation sites is 2. The Morgan fingerprint density at radius 2 is 2.17 bits per heavy atom. The Labute approximate surface area is 140 Å². The third-order valence-corrected chi connectivity index (χ3v) is 4.57. The number of nitrogens with one attached hydrogen (secondary N) is 1. The molecule has 1 saturated heterocycles. The van der Waals surface area contributed by atoms with Crippen LogP contribution in [0.25, 0.3) is 11.0 Å². The molecule has 2 aromatic heterocycles. The van der Waals surface area contributed by atoms with Crippen LogP contribution in [0.5, 0.6) is 0 Å². The van der Waals surface area contributed by atoms with Gasteiger partial charge in [0.25, 0.3) is 0 Å². The Morgan fingerprint density at radius 3 is 2.96 bits per heavy atom. The fraction of sp³-hybridized carbons (Fsp3) is 0.471. The van der Waals surface area contributed by atoms with Gasteiger partial charge in [0.1, 0.15) is 17.8 Å². The van der Waals surface area contributed by atoms with Crippen molar-refractivity contribution in [1.82, 2.24) is 29.6 Å². The topological polar surface area (TPSA) is 71.9 Å². The van der Waals surface area contributed by atoms with E-state index in [0.717, 1.165) is 49.0 Å². The van der Waals surface area contributed by atoms with E-state index in [1.165, 1.54) is 5.52 Å². The van der Waals surface area contributed by atoms with Crippen molar-refractivity contribution in [2.24, 2.45) is 7.05 Å². The van der Waals surface area contributed by atoms with Gasteiger partial charge in [0.2, 0.25) is 0 Å². The number of rotatable bonds is 4. The zero-order chi connectivity index (χ0) is 16.5. The van der Waals surface area contributed by atoms with Gasteiger partial charge in [0.15, 0.2) is 5.82 Å². The molecule has 0 spiro atoms. The maximum Gasteiger partial charge on any atom is 0.180 e. The van der Waals surface area contributed by atoms with Crippen molar-refractivity contribution in [3.05, 3.63) is 41.7 Å². The van der Waals surface area contributed by atoms with Crippen molar-refractivity contribution < 1.29 is 4.74 Å². The lowest BCUT2D eigenvalue weighted by Crippen LogP contribution is -2.38. The van der Waals surface area contributed by atoms with E-state index < -0.39 is 0 Å². The Kier molecular flexibility index (Phi) is 4.03. The van der Waals surface area contributed by atoms with Crippen LogP contribution in [0, 0.1) is 0 Å². The average molecular weight is 326 g/mol. The van der Waals surface area contributed by atoms with E-state index >= 15 is 0 Å². The van der Waals surface area contributed by atoms with Crippen molar-refractivity contribution in [3.8, 4) is 0 Å². The fourth-order valence-electron chi connectivity index (χ4n) is 3.15. The number of morpholine rings is 1. The van der Waals surface area contributed by atoms with Gasteiger partial charge >= 0.3 is 0 Å². The number of hydrogen-bond acceptors (Lipinski definition) is 5. The van der Waals surface area contributed by atoms with Crippen LogP contribution >= 0.6 is 0 Å². The Balaban J connectivity index is 1.50. The quantitative estimate of drug-likeness (QED) is 0.792. The van der Waals surface area contributed by atoms with Crippen LogP contribution in [0.2, 0.25) is 0 Å². The molecule has 1 N–H and O–H groups in total. The summed E-state index contributed by atoms with van der Waals surface area (Å²) in [4.78, 5) is 11.6. The van der Waals surface area contributed by atoms with Crippen LogP contribution in [0.15, 0.2) is 24.3 Å². The van der Waals surface area contributed by atoms with Crippen LogP contribution in [-0.4, -0.2) is 49.3 Å². The van der Waals surface area contributed by atoms with E-state index in [4.69, 9.17) is 9.72 Å². The Morgan fingerprint density at radius 1 is 1.29 bits per heavy atom. The van der Waals surface area contributed by atoms with Gasteiger partial charge in [0.05, 0.1) is 24.2 Å². The van der Waals surface area contributed by atoms with E-state index in [0.29, 0.717) is 6.61 Å². The summed E-state index contributed by atoms with van der Waals surface area (Å²) in [6.45, 7) is 5.22. The number of aromatic nitrogens is 5. The summed E-state index contributed by atoms with van der Waals surface area (Å²) in [5, 5.41) is 7.26. The second-order valence-electron chi connectivity index (χ2n) is 6.16. The van der Waals surface area contributed by atoms with Crippen LogP contribution in [0.3, 0.4) is 0 Å². The van der Waals surface area contributed by atoms with Crippen molar-refractivity contribution in [1.29, 1.82) is 0 Å². The first kappa shape index (κ1) is 15.3. The van der Waals surface area contributed by atoms with Gasteiger partial charge in [-0.25, -0.2) is 9.97 Å². The Hall–Kier alpha value is -2.25. The number of aryl methyl sites for hydroxylation is 2. The van der Waals surface area contributed by atoms with Crippen molar-refractivity contribution in [3.63, 3.8) is 0 Å². The van der Waals surface area contributed by atoms with E-state index in [9.17, 15) is 0 Å². The fourth-order valence-corrected chi connectivity index (χ4v) is 3.15. The number of nitrogens with zero attached hydrogens (tertiary/aromatic N) is 5. The maximum absolute atomic E-state index is 5.87. The molecule has 4 rings (SSSR count). The number of H-pyrrole nitrogens is 1. The molecular weight excluding hydrogens is 304 g/mol. The molecule has 3 aromatic rings. The molecule has 0 bridgehead atoms. The smallest absolute Gasteiger partial charge is 0.180 e. The minimum absolute atomic E-state index is 0.0787. The normalized spacial score (nSPS) is 19.2. The van der Waals surface area contributed by atoms with Crippen LogP contribution in [0.4, 0.5) is 0 Å². The third-order valence-electron chi connectivity index (χ3n) is 4.57. The zero-order valence-corrected chi connectivity index (χ0v) is 14.1. The van der Waals surface area contributed by atoms with Crippen molar-refractivity contribution in [2.75, 3.05) is 19.7 Å². The highest BCUT2D eigenvalue weighted by molar-refractivity contribution is 5.75. The SMILES string of the molecule is CCc1nc(C2CN(Cc3nc4ccccc4n3C)CCO2)n[nH]1. The largest absolute Gasteiger partial charge is 0.367 e. The summed E-state index contributed by atoms with van der Waals surface area (Å²) in [6.07, 6.45) is 0.772. The predicted molar refractivity (Wildman–Crippen MR) is 90.4 cm³/mol. The summed E-state index contributed by atoms with van der Waals surface area (Å²) in [5.74, 6) is 2.73. The zero-order valence-electron chi connectivity index (χ0n) is 14.1. The molecule has 7 nitrogen and oxygen atoms in total. The predicted octanol–water partition coefficient (Wildman–Crippen LogP) is 1.83. The molecule has 126 valence electrons. The van der Waals surface area contributed by atoms with Gasteiger partial charge in [-0.05, 0) is 12.1 Å². The van der Waals surface area contributed by atoms with Gasteiger partial charge in [0, 0.05) is 26.6 Å². The average Bonchev–Trinajstić information content (AvgIpc) is 3.21. The van der Waals surface area contributed by atoms with Gasteiger partial charge in [-0.15, -0.1) is 0 Å². The van der Waals surface area contributed by atoms with Gasteiger partial charge in [-0.3, -0.25) is 10.00 Å². The molecule has 1 fully saturated rings. The number of fused-ring (bicyclic) bond motifs is 1. The van der Waals surface area contributed by atoms with Crippen molar-refractivity contribution in [2.45, 2.75) is 26.0 Å². The molecule has 24 heavy (non-hydrogen) atoms. The second kappa shape index (κ2) is 6.33. The molecule has 1 aliphatic heterocycles. The molecule has 0 aliphatic carbocycles. The van der Waals surface area contributed by atoms with Gasteiger partial charge in [-0.2, -0.15) is 5.10 Å².